The third-order valence-corrected chi connectivity index (χ3v) is 5.18. The molecule has 0 bridgehead atoms. The fraction of sp³-hybridized carbons (Fsp3) is 0.444. The molecule has 0 saturated carbocycles. The van der Waals surface area contributed by atoms with Gasteiger partial charge >= 0.3 is 0 Å². The van der Waals surface area contributed by atoms with E-state index in [1.165, 1.54) is 0 Å². The maximum atomic E-state index is 12.7. The molecule has 136 valence electrons. The highest BCUT2D eigenvalue weighted by Gasteiger charge is 2.42. The Kier molecular flexibility index (Phi) is 4.63. The quantitative estimate of drug-likeness (QED) is 0.817. The summed E-state index contributed by atoms with van der Waals surface area (Å²) in [5.41, 5.74) is 0.365. The molecule has 2 aromatic rings. The summed E-state index contributed by atoms with van der Waals surface area (Å²) in [5, 5.41) is 8.59. The Labute approximate surface area is 156 Å². The van der Waals surface area contributed by atoms with Gasteiger partial charge in [-0.25, -0.2) is 4.98 Å². The van der Waals surface area contributed by atoms with Crippen LogP contribution >= 0.6 is 11.6 Å². The summed E-state index contributed by atoms with van der Waals surface area (Å²) in [7, 11) is 0. The maximum Gasteiger partial charge on any atom is 0.274 e. The van der Waals surface area contributed by atoms with E-state index in [4.69, 9.17) is 16.3 Å². The number of likely N-dealkylation sites (tertiary alicyclic amines) is 1. The molecule has 2 unspecified atom stereocenters. The molecule has 2 aliphatic rings. The highest BCUT2D eigenvalue weighted by molar-refractivity contribution is 6.30. The molecule has 0 spiro atoms. The van der Waals surface area contributed by atoms with E-state index in [0.717, 1.165) is 32.0 Å². The topological polar surface area (TPSA) is 71.5 Å². The molecule has 4 rings (SSSR count). The molecule has 4 heterocycles. The lowest BCUT2D eigenvalue weighted by molar-refractivity contribution is 0.0775. The van der Waals surface area contributed by atoms with Crippen molar-refractivity contribution in [1.29, 1.82) is 0 Å². The number of ether oxygens (including phenoxy) is 1. The van der Waals surface area contributed by atoms with Crippen molar-refractivity contribution < 1.29 is 9.53 Å². The van der Waals surface area contributed by atoms with Crippen LogP contribution in [0, 0.1) is 11.8 Å². The monoisotopic (exact) mass is 373 g/mol. The first kappa shape index (κ1) is 17.0. The van der Waals surface area contributed by atoms with Crippen molar-refractivity contribution in [2.45, 2.75) is 6.92 Å². The number of hydrogen-bond donors (Lipinski definition) is 0. The van der Waals surface area contributed by atoms with Gasteiger partial charge in [0.1, 0.15) is 5.82 Å². The van der Waals surface area contributed by atoms with E-state index in [0.29, 0.717) is 35.0 Å². The number of anilines is 1. The summed E-state index contributed by atoms with van der Waals surface area (Å²) in [6.07, 6.45) is 1.67. The number of aromatic nitrogens is 3. The number of pyridine rings is 1. The van der Waals surface area contributed by atoms with Crippen LogP contribution in [0.1, 0.15) is 17.4 Å². The van der Waals surface area contributed by atoms with Gasteiger partial charge in [-0.2, -0.15) is 0 Å². The van der Waals surface area contributed by atoms with Crippen LogP contribution in [0.15, 0.2) is 30.5 Å². The first-order valence-corrected chi connectivity index (χ1v) is 9.14. The Hall–Kier alpha value is -2.41. The number of carbonyl (C=O) groups excluding carboxylic acids is 1. The third-order valence-electron chi connectivity index (χ3n) is 4.96. The van der Waals surface area contributed by atoms with Gasteiger partial charge in [0, 0.05) is 50.3 Å². The smallest absolute Gasteiger partial charge is 0.274 e. The lowest BCUT2D eigenvalue weighted by Gasteiger charge is -2.22. The van der Waals surface area contributed by atoms with Crippen molar-refractivity contribution in [1.82, 2.24) is 20.1 Å². The molecule has 2 aliphatic heterocycles. The van der Waals surface area contributed by atoms with Crippen molar-refractivity contribution in [2.24, 2.45) is 11.8 Å². The molecule has 1 amide bonds. The fourth-order valence-electron chi connectivity index (χ4n) is 3.72. The van der Waals surface area contributed by atoms with E-state index in [1.807, 2.05) is 24.0 Å². The minimum atomic E-state index is -0.0638. The first-order valence-electron chi connectivity index (χ1n) is 8.76. The Morgan fingerprint density at radius 2 is 1.92 bits per heavy atom. The summed E-state index contributed by atoms with van der Waals surface area (Å²) in [6.45, 7) is 5.68. The molecule has 2 atom stereocenters. The highest BCUT2D eigenvalue weighted by Crippen LogP contribution is 2.34. The van der Waals surface area contributed by atoms with Crippen molar-refractivity contribution in [3.05, 3.63) is 41.2 Å². The summed E-state index contributed by atoms with van der Waals surface area (Å²) >= 11 is 5.91. The standard InChI is InChI=1S/C18H20ClN5O2/c1-2-26-17-6-4-15(21-22-17)18(25)24-10-12-8-23(9-13(12)11-24)16-5-3-14(19)7-20-16/h3-7,12-13H,2,8-11H2,1H3. The number of nitrogens with zero attached hydrogens (tertiary/aromatic N) is 5. The van der Waals surface area contributed by atoms with E-state index in [9.17, 15) is 4.79 Å². The molecule has 0 radical (unpaired) electrons. The second-order valence-corrected chi connectivity index (χ2v) is 7.10. The molecule has 0 aliphatic carbocycles. The van der Waals surface area contributed by atoms with E-state index >= 15 is 0 Å². The summed E-state index contributed by atoms with van der Waals surface area (Å²) in [6, 6.07) is 7.17. The molecule has 7 nitrogen and oxygen atoms in total. The normalized spacial score (nSPS) is 21.8. The number of hydrogen-bond acceptors (Lipinski definition) is 6. The van der Waals surface area contributed by atoms with Gasteiger partial charge in [-0.15, -0.1) is 10.2 Å². The Morgan fingerprint density at radius 1 is 1.15 bits per heavy atom. The van der Waals surface area contributed by atoms with E-state index in [-0.39, 0.29) is 5.91 Å². The largest absolute Gasteiger partial charge is 0.477 e. The van der Waals surface area contributed by atoms with E-state index < -0.39 is 0 Å². The van der Waals surface area contributed by atoms with Crippen molar-refractivity contribution >= 4 is 23.3 Å². The average Bonchev–Trinajstić information content (AvgIpc) is 3.22. The van der Waals surface area contributed by atoms with Crippen LogP contribution in [-0.4, -0.2) is 58.8 Å². The summed E-state index contributed by atoms with van der Waals surface area (Å²) in [4.78, 5) is 21.2. The molecule has 0 N–H and O–H groups in total. The number of rotatable bonds is 4. The average molecular weight is 374 g/mol. The van der Waals surface area contributed by atoms with Gasteiger partial charge in [0.05, 0.1) is 11.6 Å². The van der Waals surface area contributed by atoms with Crippen LogP contribution in [0.2, 0.25) is 5.02 Å². The van der Waals surface area contributed by atoms with Crippen LogP contribution < -0.4 is 9.64 Å². The molecule has 0 aromatic carbocycles. The second kappa shape index (κ2) is 7.07. The Bertz CT molecular complexity index is 769. The number of carbonyl (C=O) groups is 1. The van der Waals surface area contributed by atoms with Gasteiger partial charge in [0.25, 0.3) is 5.91 Å². The highest BCUT2D eigenvalue weighted by atomic mass is 35.5. The molecule has 2 fully saturated rings. The minimum absolute atomic E-state index is 0.0638. The van der Waals surface area contributed by atoms with Crippen LogP contribution in [0.3, 0.4) is 0 Å². The number of fused-ring (bicyclic) bond motifs is 1. The minimum Gasteiger partial charge on any atom is -0.477 e. The van der Waals surface area contributed by atoms with E-state index in [1.54, 1.807) is 18.3 Å². The van der Waals surface area contributed by atoms with E-state index in [2.05, 4.69) is 20.1 Å². The lowest BCUT2D eigenvalue weighted by atomic mass is 10.0. The Balaban J connectivity index is 1.38. The second-order valence-electron chi connectivity index (χ2n) is 6.66. The zero-order chi connectivity index (χ0) is 18.1. The number of halogens is 1. The lowest BCUT2D eigenvalue weighted by Crippen LogP contribution is -2.34. The van der Waals surface area contributed by atoms with Gasteiger partial charge in [-0.3, -0.25) is 4.79 Å². The number of amides is 1. The predicted molar refractivity (Wildman–Crippen MR) is 97.5 cm³/mol. The van der Waals surface area contributed by atoms with Crippen LogP contribution in [-0.2, 0) is 0 Å². The van der Waals surface area contributed by atoms with Crippen molar-refractivity contribution in [3.8, 4) is 5.88 Å². The first-order chi connectivity index (χ1) is 12.6. The molecule has 2 saturated heterocycles. The molecular weight excluding hydrogens is 354 g/mol. The zero-order valence-electron chi connectivity index (χ0n) is 14.5. The molecular formula is C18H20ClN5O2. The Morgan fingerprint density at radius 3 is 2.50 bits per heavy atom. The van der Waals surface area contributed by atoms with Gasteiger partial charge in [0.15, 0.2) is 5.69 Å². The van der Waals surface area contributed by atoms with Gasteiger partial charge in [-0.05, 0) is 25.1 Å². The SMILES string of the molecule is CCOc1ccc(C(=O)N2CC3CN(c4ccc(Cl)cn4)CC3C2)nn1. The molecule has 8 heteroatoms. The maximum absolute atomic E-state index is 12.7. The molecule has 26 heavy (non-hydrogen) atoms. The molecule has 2 aromatic heterocycles. The summed E-state index contributed by atoms with van der Waals surface area (Å²) in [5.74, 6) is 2.22. The van der Waals surface area contributed by atoms with Crippen LogP contribution in [0.25, 0.3) is 0 Å². The summed E-state index contributed by atoms with van der Waals surface area (Å²) < 4.78 is 5.27. The van der Waals surface area contributed by atoms with Crippen LogP contribution in [0.5, 0.6) is 5.88 Å². The van der Waals surface area contributed by atoms with Gasteiger partial charge in [0.2, 0.25) is 5.88 Å². The van der Waals surface area contributed by atoms with Crippen molar-refractivity contribution in [2.75, 3.05) is 37.7 Å². The zero-order valence-corrected chi connectivity index (χ0v) is 15.3. The van der Waals surface area contributed by atoms with Crippen LogP contribution in [0.4, 0.5) is 5.82 Å². The van der Waals surface area contributed by atoms with Gasteiger partial charge < -0.3 is 14.5 Å². The fourth-order valence-corrected chi connectivity index (χ4v) is 3.83. The third kappa shape index (κ3) is 3.31. The predicted octanol–water partition coefficient (Wildman–Crippen LogP) is 2.13. The van der Waals surface area contributed by atoms with Gasteiger partial charge in [-0.1, -0.05) is 11.6 Å². The van der Waals surface area contributed by atoms with Crippen molar-refractivity contribution in [3.63, 3.8) is 0 Å².